The Labute approximate surface area is 169 Å². The largest absolute Gasteiger partial charge is 0.478 e. The number of halogens is 1. The molecule has 2 N–H and O–H groups in total. The second-order valence-electron chi connectivity index (χ2n) is 6.60. The summed E-state index contributed by atoms with van der Waals surface area (Å²) in [6.07, 6.45) is 0.920. The third-order valence-corrected chi connectivity index (χ3v) is 4.23. The molecule has 0 spiro atoms. The summed E-state index contributed by atoms with van der Waals surface area (Å²) in [5.41, 5.74) is 6.15. The molecule has 2 rings (SSSR count). The quantitative estimate of drug-likeness (QED) is 0.499. The normalized spacial score (nSPS) is 11.4. The Hall–Kier alpha value is -3.22. The van der Waals surface area contributed by atoms with Crippen molar-refractivity contribution >= 4 is 17.6 Å². The predicted octanol–water partition coefficient (Wildman–Crippen LogP) is 3.36. The summed E-state index contributed by atoms with van der Waals surface area (Å²) in [6, 6.07) is 13.0. The van der Waals surface area contributed by atoms with Gasteiger partial charge in [-0.2, -0.15) is 0 Å². The summed E-state index contributed by atoms with van der Waals surface area (Å²) < 4.78 is 18.8. The highest BCUT2D eigenvalue weighted by atomic mass is 19.1. The molecule has 2 amide bonds. The number of hydrogen-bond donors (Lipinski definition) is 2. The van der Waals surface area contributed by atoms with Crippen molar-refractivity contribution in [3.05, 3.63) is 65.5 Å². The average molecular weight is 400 g/mol. The van der Waals surface area contributed by atoms with E-state index in [0.29, 0.717) is 5.56 Å². The maximum absolute atomic E-state index is 13.5. The number of carbonyl (C=O) groups is 3. The van der Waals surface area contributed by atoms with E-state index in [9.17, 15) is 18.8 Å². The van der Waals surface area contributed by atoms with Crippen molar-refractivity contribution in [2.75, 3.05) is 0 Å². The molecule has 0 aliphatic carbocycles. The minimum Gasteiger partial charge on any atom is -0.478 e. The van der Waals surface area contributed by atoms with Gasteiger partial charge in [0.25, 0.3) is 5.91 Å². The van der Waals surface area contributed by atoms with E-state index >= 15 is 0 Å². The van der Waals surface area contributed by atoms with Crippen LogP contribution in [0, 0.1) is 5.82 Å². The fourth-order valence-electron chi connectivity index (χ4n) is 2.60. The van der Waals surface area contributed by atoms with Crippen LogP contribution >= 0.6 is 0 Å². The molecule has 0 saturated heterocycles. The molecule has 0 bridgehead atoms. The summed E-state index contributed by atoms with van der Waals surface area (Å²) in [5, 5.41) is 0. The number of benzene rings is 2. The van der Waals surface area contributed by atoms with Crippen molar-refractivity contribution in [3.63, 3.8) is 0 Å². The summed E-state index contributed by atoms with van der Waals surface area (Å²) >= 11 is 0. The molecular formula is C22H25FN2O4. The van der Waals surface area contributed by atoms with E-state index in [4.69, 9.17) is 4.74 Å². The number of hydrogen-bond acceptors (Lipinski definition) is 4. The number of aryl methyl sites for hydroxylation is 1. The van der Waals surface area contributed by atoms with E-state index in [1.54, 1.807) is 18.2 Å². The first-order chi connectivity index (χ1) is 13.9. The van der Waals surface area contributed by atoms with Crippen LogP contribution in [0.15, 0.2) is 48.5 Å². The van der Waals surface area contributed by atoms with E-state index < -0.39 is 23.7 Å². The summed E-state index contributed by atoms with van der Waals surface area (Å²) in [6.45, 7) is 3.52. The number of nitrogens with one attached hydrogen (secondary N) is 2. The lowest BCUT2D eigenvalue weighted by atomic mass is 10.0. The van der Waals surface area contributed by atoms with Crippen LogP contribution in [0.5, 0.6) is 5.75 Å². The van der Waals surface area contributed by atoms with Gasteiger partial charge in [-0.25, -0.2) is 4.39 Å². The number of Topliss-reactive ketones (excluding diaryl/α,β-unsaturated/α-hetero) is 1. The van der Waals surface area contributed by atoms with Crippen molar-refractivity contribution in [2.45, 2.75) is 45.6 Å². The lowest BCUT2D eigenvalue weighted by molar-refractivity contribution is -0.132. The first-order valence-electron chi connectivity index (χ1n) is 9.52. The molecule has 0 aliphatic heterocycles. The fourth-order valence-corrected chi connectivity index (χ4v) is 2.60. The third kappa shape index (κ3) is 7.03. The van der Waals surface area contributed by atoms with Gasteiger partial charge in [0, 0.05) is 18.4 Å². The van der Waals surface area contributed by atoms with E-state index in [1.807, 2.05) is 12.1 Å². The molecule has 0 unspecified atom stereocenters. The van der Waals surface area contributed by atoms with E-state index in [0.717, 1.165) is 18.4 Å². The summed E-state index contributed by atoms with van der Waals surface area (Å²) in [5.74, 6) is -1.94. The SMILES string of the molecule is CCCc1ccc(C(=O)CCC(=O)NNC(=O)[C@@H](C)Oc2ccccc2F)cc1. The monoisotopic (exact) mass is 400 g/mol. The van der Waals surface area contributed by atoms with Crippen molar-refractivity contribution in [1.82, 2.24) is 10.9 Å². The Morgan fingerprint density at radius 3 is 2.34 bits per heavy atom. The number of para-hydroxylation sites is 1. The predicted molar refractivity (Wildman–Crippen MR) is 107 cm³/mol. The molecule has 0 fully saturated rings. The molecule has 6 nitrogen and oxygen atoms in total. The fraction of sp³-hybridized carbons (Fsp3) is 0.318. The highest BCUT2D eigenvalue weighted by Gasteiger charge is 2.17. The summed E-state index contributed by atoms with van der Waals surface area (Å²) in [4.78, 5) is 36.0. The highest BCUT2D eigenvalue weighted by Crippen LogP contribution is 2.17. The van der Waals surface area contributed by atoms with E-state index in [1.165, 1.54) is 25.1 Å². The molecule has 7 heteroatoms. The zero-order valence-corrected chi connectivity index (χ0v) is 16.5. The topological polar surface area (TPSA) is 84.5 Å². The Bertz CT molecular complexity index is 852. The minimum absolute atomic E-state index is 0.0239. The molecule has 0 radical (unpaired) electrons. The van der Waals surface area contributed by atoms with Gasteiger partial charge in [0.15, 0.2) is 23.5 Å². The zero-order valence-electron chi connectivity index (χ0n) is 16.5. The molecule has 0 aliphatic rings. The molecule has 0 aromatic heterocycles. The van der Waals surface area contributed by atoms with E-state index in [-0.39, 0.29) is 24.4 Å². The number of carbonyl (C=O) groups excluding carboxylic acids is 3. The van der Waals surface area contributed by atoms with Crippen LogP contribution < -0.4 is 15.6 Å². The van der Waals surface area contributed by atoms with Gasteiger partial charge in [-0.15, -0.1) is 0 Å². The molecule has 0 saturated carbocycles. The van der Waals surface area contributed by atoms with Crippen LogP contribution in [-0.2, 0) is 16.0 Å². The van der Waals surface area contributed by atoms with Crippen LogP contribution in [0.1, 0.15) is 49.0 Å². The molecule has 0 heterocycles. The van der Waals surface area contributed by atoms with Crippen LogP contribution in [-0.4, -0.2) is 23.7 Å². The second-order valence-corrected chi connectivity index (χ2v) is 6.60. The minimum atomic E-state index is -1.02. The van der Waals surface area contributed by atoms with Crippen molar-refractivity contribution < 1.29 is 23.5 Å². The Kier molecular flexibility index (Phi) is 8.33. The molecular weight excluding hydrogens is 375 g/mol. The lowest BCUT2D eigenvalue weighted by Crippen LogP contribution is -2.47. The van der Waals surface area contributed by atoms with Crippen LogP contribution in [0.2, 0.25) is 0 Å². The van der Waals surface area contributed by atoms with Gasteiger partial charge in [-0.3, -0.25) is 25.2 Å². The average Bonchev–Trinajstić information content (AvgIpc) is 2.72. The summed E-state index contributed by atoms with van der Waals surface area (Å²) in [7, 11) is 0. The van der Waals surface area contributed by atoms with Gasteiger partial charge in [0.05, 0.1) is 0 Å². The number of hydrazine groups is 1. The molecule has 2 aromatic carbocycles. The lowest BCUT2D eigenvalue weighted by Gasteiger charge is -2.15. The Balaban J connectivity index is 1.73. The zero-order chi connectivity index (χ0) is 21.2. The van der Waals surface area contributed by atoms with Gasteiger partial charge in [0.2, 0.25) is 5.91 Å². The smallest absolute Gasteiger partial charge is 0.279 e. The van der Waals surface area contributed by atoms with Crippen LogP contribution in [0.4, 0.5) is 4.39 Å². The van der Waals surface area contributed by atoms with Crippen LogP contribution in [0.25, 0.3) is 0 Å². The van der Waals surface area contributed by atoms with E-state index in [2.05, 4.69) is 17.8 Å². The first kappa shape index (κ1) is 22.1. The highest BCUT2D eigenvalue weighted by molar-refractivity contribution is 5.98. The van der Waals surface area contributed by atoms with Crippen molar-refractivity contribution in [2.24, 2.45) is 0 Å². The van der Waals surface area contributed by atoms with Gasteiger partial charge < -0.3 is 4.74 Å². The third-order valence-electron chi connectivity index (χ3n) is 4.23. The maximum Gasteiger partial charge on any atom is 0.279 e. The molecule has 2 aromatic rings. The standard InChI is InChI=1S/C22H25FN2O4/c1-3-6-16-9-11-17(12-10-16)19(26)13-14-21(27)24-25-22(28)15(2)29-20-8-5-4-7-18(20)23/h4-5,7-12,15H,3,6,13-14H2,1-2H3,(H,24,27)(H,25,28)/t15-/m1/s1. The number of ether oxygens (including phenoxy) is 1. The van der Waals surface area contributed by atoms with Gasteiger partial charge in [-0.1, -0.05) is 49.7 Å². The molecule has 29 heavy (non-hydrogen) atoms. The van der Waals surface area contributed by atoms with Gasteiger partial charge >= 0.3 is 0 Å². The molecule has 1 atom stereocenters. The van der Waals surface area contributed by atoms with Crippen molar-refractivity contribution in [3.8, 4) is 5.75 Å². The second kappa shape index (κ2) is 10.9. The Morgan fingerprint density at radius 2 is 1.69 bits per heavy atom. The van der Waals surface area contributed by atoms with Gasteiger partial charge in [-0.05, 0) is 31.0 Å². The first-order valence-corrected chi connectivity index (χ1v) is 9.52. The molecule has 154 valence electrons. The Morgan fingerprint density at radius 1 is 1.00 bits per heavy atom. The number of amides is 2. The van der Waals surface area contributed by atoms with Crippen molar-refractivity contribution in [1.29, 1.82) is 0 Å². The number of ketones is 1. The number of rotatable bonds is 9. The van der Waals surface area contributed by atoms with Crippen LogP contribution in [0.3, 0.4) is 0 Å². The maximum atomic E-state index is 13.5. The van der Waals surface area contributed by atoms with Gasteiger partial charge in [0.1, 0.15) is 0 Å².